The number of nitrogens with one attached hydrogen (secondary N) is 1. The van der Waals surface area contributed by atoms with Crippen molar-refractivity contribution in [3.63, 3.8) is 0 Å². The van der Waals surface area contributed by atoms with Crippen LogP contribution in [0, 0.1) is 15.9 Å². The summed E-state index contributed by atoms with van der Waals surface area (Å²) >= 11 is 5.50. The number of amides is 1. The lowest BCUT2D eigenvalue weighted by molar-refractivity contribution is -0.385. The highest BCUT2D eigenvalue weighted by atomic mass is 35.5. The van der Waals surface area contributed by atoms with Crippen LogP contribution < -0.4 is 5.32 Å². The van der Waals surface area contributed by atoms with Gasteiger partial charge in [-0.3, -0.25) is 14.9 Å². The van der Waals surface area contributed by atoms with E-state index in [1.165, 1.54) is 12.1 Å². The highest BCUT2D eigenvalue weighted by molar-refractivity contribution is 6.29. The number of nitrogens with zero attached hydrogens (tertiary/aromatic N) is 1. The minimum Gasteiger partial charge on any atom is -0.440 e. The van der Waals surface area contributed by atoms with Gasteiger partial charge in [0.15, 0.2) is 11.0 Å². The number of rotatable bonds is 3. The molecule has 2 rings (SSSR count). The summed E-state index contributed by atoms with van der Waals surface area (Å²) in [6.45, 7) is 0. The quantitative estimate of drug-likeness (QED) is 0.692. The Kier molecular flexibility index (Phi) is 3.48. The van der Waals surface area contributed by atoms with E-state index in [4.69, 9.17) is 16.0 Å². The topological polar surface area (TPSA) is 85.4 Å². The third-order valence-corrected chi connectivity index (χ3v) is 2.35. The molecule has 98 valence electrons. The van der Waals surface area contributed by atoms with E-state index in [0.29, 0.717) is 0 Å². The Morgan fingerprint density at radius 1 is 1.37 bits per heavy atom. The number of nitro groups is 1. The second kappa shape index (κ2) is 5.07. The molecule has 1 amide bonds. The minimum absolute atomic E-state index is 0.0235. The van der Waals surface area contributed by atoms with Crippen molar-refractivity contribution in [1.82, 2.24) is 0 Å². The predicted octanol–water partition coefficient (Wildman–Crippen LogP) is 3.23. The maximum absolute atomic E-state index is 13.1. The zero-order valence-corrected chi connectivity index (χ0v) is 9.98. The lowest BCUT2D eigenvalue weighted by atomic mass is 10.2. The second-order valence-electron chi connectivity index (χ2n) is 3.51. The zero-order chi connectivity index (χ0) is 14.0. The van der Waals surface area contributed by atoms with Crippen LogP contribution in [-0.2, 0) is 0 Å². The van der Waals surface area contributed by atoms with Crippen molar-refractivity contribution in [2.45, 2.75) is 0 Å². The number of anilines is 1. The Bertz CT molecular complexity index is 656. The van der Waals surface area contributed by atoms with Crippen molar-refractivity contribution in [3.8, 4) is 0 Å². The highest BCUT2D eigenvalue weighted by Crippen LogP contribution is 2.21. The first-order valence-corrected chi connectivity index (χ1v) is 5.35. The maximum Gasteiger partial charge on any atom is 0.291 e. The number of carbonyl (C=O) groups is 1. The molecule has 2 aromatic rings. The number of benzene rings is 1. The van der Waals surface area contributed by atoms with E-state index in [-0.39, 0.29) is 16.7 Å². The normalized spacial score (nSPS) is 10.2. The van der Waals surface area contributed by atoms with Gasteiger partial charge in [-0.2, -0.15) is 0 Å². The van der Waals surface area contributed by atoms with Crippen LogP contribution in [0.15, 0.2) is 34.7 Å². The Hall–Kier alpha value is -2.41. The lowest BCUT2D eigenvalue weighted by Gasteiger charge is -2.03. The number of hydrogen-bond acceptors (Lipinski definition) is 4. The van der Waals surface area contributed by atoms with Gasteiger partial charge in [0, 0.05) is 6.07 Å². The van der Waals surface area contributed by atoms with Gasteiger partial charge in [0.1, 0.15) is 5.82 Å². The molecule has 19 heavy (non-hydrogen) atoms. The summed E-state index contributed by atoms with van der Waals surface area (Å²) in [5.74, 6) is -1.61. The van der Waals surface area contributed by atoms with Gasteiger partial charge in [-0.25, -0.2) is 4.39 Å². The summed E-state index contributed by atoms with van der Waals surface area (Å²) in [6, 6.07) is 5.43. The van der Waals surface area contributed by atoms with Crippen molar-refractivity contribution in [2.24, 2.45) is 0 Å². The summed E-state index contributed by atoms with van der Waals surface area (Å²) in [5, 5.41) is 12.9. The molecule has 1 aromatic carbocycles. The van der Waals surface area contributed by atoms with Gasteiger partial charge >= 0.3 is 0 Å². The monoisotopic (exact) mass is 284 g/mol. The van der Waals surface area contributed by atoms with E-state index in [1.54, 1.807) is 0 Å². The Labute approximate surface area is 110 Å². The standard InChI is InChI=1S/C11H6ClFN2O4/c12-10-2-1-9(19-10)11(16)14-7-3-6(13)4-8(5-7)15(17)18/h1-5H,(H,14,16). The molecule has 0 saturated heterocycles. The summed E-state index contributed by atoms with van der Waals surface area (Å²) in [6.07, 6.45) is 0. The van der Waals surface area contributed by atoms with E-state index in [0.717, 1.165) is 18.2 Å². The van der Waals surface area contributed by atoms with Crippen molar-refractivity contribution in [2.75, 3.05) is 5.32 Å². The molecule has 1 aromatic heterocycles. The highest BCUT2D eigenvalue weighted by Gasteiger charge is 2.14. The van der Waals surface area contributed by atoms with Gasteiger partial charge in [-0.1, -0.05) is 0 Å². The third kappa shape index (κ3) is 3.08. The van der Waals surface area contributed by atoms with E-state index in [1.807, 2.05) is 0 Å². The molecule has 0 atom stereocenters. The van der Waals surface area contributed by atoms with E-state index in [2.05, 4.69) is 5.32 Å². The van der Waals surface area contributed by atoms with Crippen molar-refractivity contribution >= 4 is 28.9 Å². The first-order chi connectivity index (χ1) is 8.95. The second-order valence-corrected chi connectivity index (χ2v) is 3.89. The minimum atomic E-state index is -0.832. The fraction of sp³-hybridized carbons (Fsp3) is 0. The molecule has 6 nitrogen and oxygen atoms in total. The molecule has 0 aliphatic heterocycles. The van der Waals surface area contributed by atoms with Gasteiger partial charge in [-0.15, -0.1) is 0 Å². The predicted molar refractivity (Wildman–Crippen MR) is 64.7 cm³/mol. The van der Waals surface area contributed by atoms with E-state index in [9.17, 15) is 19.3 Å². The molecule has 1 N–H and O–H groups in total. The van der Waals surface area contributed by atoms with Crippen molar-refractivity contribution in [3.05, 3.63) is 57.2 Å². The fourth-order valence-corrected chi connectivity index (χ4v) is 1.53. The molecule has 0 aliphatic carbocycles. The number of halogens is 2. The van der Waals surface area contributed by atoms with Crippen molar-refractivity contribution in [1.29, 1.82) is 0 Å². The fourth-order valence-electron chi connectivity index (χ4n) is 1.38. The molecule has 0 saturated carbocycles. The van der Waals surface area contributed by atoms with E-state index >= 15 is 0 Å². The zero-order valence-electron chi connectivity index (χ0n) is 9.22. The first kappa shape index (κ1) is 13.0. The molecular formula is C11H6ClFN2O4. The summed E-state index contributed by atoms with van der Waals surface area (Å²) < 4.78 is 18.0. The molecule has 0 bridgehead atoms. The van der Waals surface area contributed by atoms with Gasteiger partial charge in [0.05, 0.1) is 16.7 Å². The molecule has 8 heteroatoms. The molecule has 0 radical (unpaired) electrons. The summed E-state index contributed by atoms with van der Waals surface area (Å²) in [7, 11) is 0. The van der Waals surface area contributed by atoms with Gasteiger partial charge in [-0.05, 0) is 29.8 Å². The number of carbonyl (C=O) groups excluding carboxylic acids is 1. The summed E-state index contributed by atoms with van der Waals surface area (Å²) in [5.41, 5.74) is -0.517. The van der Waals surface area contributed by atoms with Crippen LogP contribution in [-0.4, -0.2) is 10.8 Å². The Morgan fingerprint density at radius 2 is 2.11 bits per heavy atom. The third-order valence-electron chi connectivity index (χ3n) is 2.15. The van der Waals surface area contributed by atoms with Crippen LogP contribution in [0.25, 0.3) is 0 Å². The van der Waals surface area contributed by atoms with Gasteiger partial charge < -0.3 is 9.73 Å². The number of furan rings is 1. The first-order valence-electron chi connectivity index (χ1n) is 4.97. The number of nitro benzene ring substituents is 1. The van der Waals surface area contributed by atoms with Crippen LogP contribution in [0.1, 0.15) is 10.6 Å². The maximum atomic E-state index is 13.1. The smallest absolute Gasteiger partial charge is 0.291 e. The molecule has 0 fully saturated rings. The van der Waals surface area contributed by atoms with Gasteiger partial charge in [0.25, 0.3) is 11.6 Å². The van der Waals surface area contributed by atoms with Crippen LogP contribution in [0.5, 0.6) is 0 Å². The SMILES string of the molecule is O=C(Nc1cc(F)cc([N+](=O)[O-])c1)c1ccc(Cl)o1. The Morgan fingerprint density at radius 3 is 2.68 bits per heavy atom. The van der Waals surface area contributed by atoms with E-state index < -0.39 is 22.3 Å². The van der Waals surface area contributed by atoms with Gasteiger partial charge in [0.2, 0.25) is 0 Å². The average Bonchev–Trinajstić information content (AvgIpc) is 2.75. The summed E-state index contributed by atoms with van der Waals surface area (Å²) in [4.78, 5) is 21.5. The lowest BCUT2D eigenvalue weighted by Crippen LogP contribution is -2.11. The largest absolute Gasteiger partial charge is 0.440 e. The van der Waals surface area contributed by atoms with Crippen LogP contribution >= 0.6 is 11.6 Å². The van der Waals surface area contributed by atoms with Crippen molar-refractivity contribution < 1.29 is 18.5 Å². The molecule has 0 unspecified atom stereocenters. The van der Waals surface area contributed by atoms with Crippen LogP contribution in [0.3, 0.4) is 0 Å². The molecule has 1 heterocycles. The number of non-ortho nitro benzene ring substituents is 1. The van der Waals surface area contributed by atoms with Crippen LogP contribution in [0.4, 0.5) is 15.8 Å². The molecular weight excluding hydrogens is 279 g/mol. The number of hydrogen-bond donors (Lipinski definition) is 1. The molecule has 0 aliphatic rings. The average molecular weight is 285 g/mol. The Balaban J connectivity index is 2.23. The molecule has 0 spiro atoms. The van der Waals surface area contributed by atoms with Crippen LogP contribution in [0.2, 0.25) is 5.22 Å².